The Morgan fingerprint density at radius 3 is 2.94 bits per heavy atom. The summed E-state index contributed by atoms with van der Waals surface area (Å²) in [5.41, 5.74) is 2.56. The predicted octanol–water partition coefficient (Wildman–Crippen LogP) is 2.52. The van der Waals surface area contributed by atoms with Crippen molar-refractivity contribution in [1.82, 2.24) is 5.32 Å². The Morgan fingerprint density at radius 2 is 2.29 bits per heavy atom. The maximum Gasteiger partial charge on any atom is 0.320 e. The van der Waals surface area contributed by atoms with E-state index >= 15 is 0 Å². The van der Waals surface area contributed by atoms with Crippen LogP contribution in [0.5, 0.6) is 0 Å². The Kier molecular flexibility index (Phi) is 3.79. The van der Waals surface area contributed by atoms with E-state index in [-0.39, 0.29) is 12.1 Å². The van der Waals surface area contributed by atoms with Gasteiger partial charge in [0, 0.05) is 6.04 Å². The quantitative estimate of drug-likeness (QED) is 0.840. The lowest BCUT2D eigenvalue weighted by Gasteiger charge is -2.13. The Hall–Kier alpha value is -1.35. The Bertz CT molecular complexity index is 403. The molecule has 0 radical (unpaired) electrons. The van der Waals surface area contributed by atoms with Gasteiger partial charge in [-0.25, -0.2) is 0 Å². The molecule has 1 heterocycles. The molecule has 2 N–H and O–H groups in total. The van der Waals surface area contributed by atoms with Crippen molar-refractivity contribution >= 4 is 5.97 Å². The largest absolute Gasteiger partial charge is 0.480 e. The molecule has 3 heteroatoms. The number of benzene rings is 1. The molecule has 0 aromatic heterocycles. The molecule has 0 saturated carbocycles. The zero-order chi connectivity index (χ0) is 12.3. The van der Waals surface area contributed by atoms with E-state index in [9.17, 15) is 4.79 Å². The molecule has 2 unspecified atom stereocenters. The highest BCUT2D eigenvalue weighted by Gasteiger charge is 2.29. The number of aryl methyl sites for hydroxylation is 1. The van der Waals surface area contributed by atoms with Crippen LogP contribution < -0.4 is 5.32 Å². The smallest absolute Gasteiger partial charge is 0.320 e. The van der Waals surface area contributed by atoms with E-state index in [1.54, 1.807) is 0 Å². The van der Waals surface area contributed by atoms with E-state index in [0.717, 1.165) is 25.7 Å². The SMILES string of the molecule is CCCc1cccc(C2CCC(C(=O)O)N2)c1. The highest BCUT2D eigenvalue weighted by atomic mass is 16.4. The molecule has 1 aromatic rings. The standard InChI is InChI=1S/C14H19NO2/c1-2-4-10-5-3-6-11(9-10)12-7-8-13(15-12)14(16)17/h3,5-6,9,12-13,15H,2,4,7-8H2,1H3,(H,16,17). The maximum absolute atomic E-state index is 10.9. The molecule has 17 heavy (non-hydrogen) atoms. The molecule has 0 amide bonds. The number of carbonyl (C=O) groups is 1. The van der Waals surface area contributed by atoms with Crippen molar-refractivity contribution in [3.8, 4) is 0 Å². The van der Waals surface area contributed by atoms with Crippen molar-refractivity contribution in [2.24, 2.45) is 0 Å². The maximum atomic E-state index is 10.9. The van der Waals surface area contributed by atoms with Gasteiger partial charge in [0.2, 0.25) is 0 Å². The summed E-state index contributed by atoms with van der Waals surface area (Å²) in [5, 5.41) is 12.1. The van der Waals surface area contributed by atoms with Crippen molar-refractivity contribution in [3.05, 3.63) is 35.4 Å². The van der Waals surface area contributed by atoms with E-state index in [1.165, 1.54) is 11.1 Å². The van der Waals surface area contributed by atoms with Gasteiger partial charge in [-0.15, -0.1) is 0 Å². The third kappa shape index (κ3) is 2.86. The first-order valence-electron chi connectivity index (χ1n) is 6.28. The molecule has 92 valence electrons. The van der Waals surface area contributed by atoms with Gasteiger partial charge >= 0.3 is 5.97 Å². The number of aliphatic carboxylic acids is 1. The van der Waals surface area contributed by atoms with E-state index in [2.05, 4.69) is 36.5 Å². The number of hydrogen-bond acceptors (Lipinski definition) is 2. The minimum absolute atomic E-state index is 0.202. The number of hydrogen-bond donors (Lipinski definition) is 2. The topological polar surface area (TPSA) is 49.3 Å². The number of rotatable bonds is 4. The summed E-state index contributed by atoms with van der Waals surface area (Å²) in [4.78, 5) is 10.9. The minimum atomic E-state index is -0.739. The lowest BCUT2D eigenvalue weighted by Crippen LogP contribution is -2.31. The minimum Gasteiger partial charge on any atom is -0.480 e. The molecule has 3 nitrogen and oxygen atoms in total. The summed E-state index contributed by atoms with van der Waals surface area (Å²) < 4.78 is 0. The van der Waals surface area contributed by atoms with Crippen LogP contribution in [0.15, 0.2) is 24.3 Å². The van der Waals surface area contributed by atoms with Crippen LogP contribution in [0.3, 0.4) is 0 Å². The summed E-state index contributed by atoms with van der Waals surface area (Å²) >= 11 is 0. The molecule has 0 spiro atoms. The summed E-state index contributed by atoms with van der Waals surface area (Å²) in [6.07, 6.45) is 3.85. The average Bonchev–Trinajstić information content (AvgIpc) is 2.79. The van der Waals surface area contributed by atoms with Gasteiger partial charge in [-0.1, -0.05) is 37.6 Å². The van der Waals surface area contributed by atoms with E-state index in [1.807, 2.05) is 0 Å². The third-order valence-electron chi connectivity index (χ3n) is 3.34. The lowest BCUT2D eigenvalue weighted by molar-refractivity contribution is -0.139. The zero-order valence-electron chi connectivity index (χ0n) is 10.1. The molecule has 1 aliphatic rings. The molecule has 0 aliphatic carbocycles. The Balaban J connectivity index is 2.08. The number of carboxylic acid groups (broad SMARTS) is 1. The highest BCUT2D eigenvalue weighted by Crippen LogP contribution is 2.27. The highest BCUT2D eigenvalue weighted by molar-refractivity contribution is 5.73. The van der Waals surface area contributed by atoms with Gasteiger partial charge < -0.3 is 5.11 Å². The zero-order valence-corrected chi connectivity index (χ0v) is 10.1. The first kappa shape index (κ1) is 12.1. The molecule has 2 atom stereocenters. The normalized spacial score (nSPS) is 23.8. The first-order chi connectivity index (χ1) is 8.20. The molecule has 1 aromatic carbocycles. The van der Waals surface area contributed by atoms with Gasteiger partial charge in [-0.3, -0.25) is 10.1 Å². The second kappa shape index (κ2) is 5.32. The van der Waals surface area contributed by atoms with E-state index in [0.29, 0.717) is 0 Å². The number of nitrogens with one attached hydrogen (secondary N) is 1. The van der Waals surface area contributed by atoms with E-state index in [4.69, 9.17) is 5.11 Å². The van der Waals surface area contributed by atoms with Gasteiger partial charge in [0.15, 0.2) is 0 Å². The van der Waals surface area contributed by atoms with Crippen LogP contribution in [0, 0.1) is 0 Å². The van der Waals surface area contributed by atoms with Crippen molar-refractivity contribution < 1.29 is 9.90 Å². The average molecular weight is 233 g/mol. The summed E-state index contributed by atoms with van der Waals surface area (Å²) in [7, 11) is 0. The van der Waals surface area contributed by atoms with Crippen LogP contribution in [0.25, 0.3) is 0 Å². The van der Waals surface area contributed by atoms with Crippen LogP contribution in [-0.2, 0) is 11.2 Å². The third-order valence-corrected chi connectivity index (χ3v) is 3.34. The van der Waals surface area contributed by atoms with Crippen LogP contribution in [0.4, 0.5) is 0 Å². The molecule has 2 rings (SSSR count). The second-order valence-corrected chi connectivity index (χ2v) is 4.68. The molecular weight excluding hydrogens is 214 g/mol. The Morgan fingerprint density at radius 1 is 1.47 bits per heavy atom. The fourth-order valence-corrected chi connectivity index (χ4v) is 2.45. The van der Waals surface area contributed by atoms with Crippen LogP contribution in [0.2, 0.25) is 0 Å². The molecule has 1 fully saturated rings. The molecular formula is C14H19NO2. The summed E-state index contributed by atoms with van der Waals surface area (Å²) in [6, 6.07) is 8.31. The summed E-state index contributed by atoms with van der Waals surface area (Å²) in [6.45, 7) is 2.17. The summed E-state index contributed by atoms with van der Waals surface area (Å²) in [5.74, 6) is -0.739. The van der Waals surface area contributed by atoms with Gasteiger partial charge in [-0.2, -0.15) is 0 Å². The van der Waals surface area contributed by atoms with Gasteiger partial charge in [0.05, 0.1) is 0 Å². The van der Waals surface area contributed by atoms with Crippen molar-refractivity contribution in [2.45, 2.75) is 44.7 Å². The van der Waals surface area contributed by atoms with Crippen molar-refractivity contribution in [1.29, 1.82) is 0 Å². The van der Waals surface area contributed by atoms with Crippen LogP contribution in [-0.4, -0.2) is 17.1 Å². The van der Waals surface area contributed by atoms with Crippen molar-refractivity contribution in [3.63, 3.8) is 0 Å². The first-order valence-corrected chi connectivity index (χ1v) is 6.28. The van der Waals surface area contributed by atoms with Crippen LogP contribution in [0.1, 0.15) is 43.4 Å². The van der Waals surface area contributed by atoms with Crippen molar-refractivity contribution in [2.75, 3.05) is 0 Å². The monoisotopic (exact) mass is 233 g/mol. The van der Waals surface area contributed by atoms with Gasteiger partial charge in [0.1, 0.15) is 6.04 Å². The van der Waals surface area contributed by atoms with Crippen LogP contribution >= 0.6 is 0 Å². The van der Waals surface area contributed by atoms with E-state index < -0.39 is 5.97 Å². The molecule has 1 aliphatic heterocycles. The molecule has 1 saturated heterocycles. The number of carboxylic acids is 1. The van der Waals surface area contributed by atoms with Gasteiger partial charge in [0.25, 0.3) is 0 Å². The molecule has 0 bridgehead atoms. The fraction of sp³-hybridized carbons (Fsp3) is 0.500. The fourth-order valence-electron chi connectivity index (χ4n) is 2.45. The lowest BCUT2D eigenvalue weighted by atomic mass is 10.0. The Labute approximate surface area is 102 Å². The predicted molar refractivity (Wildman–Crippen MR) is 67.0 cm³/mol. The van der Waals surface area contributed by atoms with Gasteiger partial charge in [-0.05, 0) is 30.4 Å². The second-order valence-electron chi connectivity index (χ2n) is 4.68.